The number of hydrogen-bond acceptors (Lipinski definition) is 4. The molecule has 0 unspecified atom stereocenters. The number of carbonyl (C=O) groups excluding carboxylic acids is 1. The normalized spacial score (nSPS) is 14.5. The second-order valence-corrected chi connectivity index (χ2v) is 7.95. The molecule has 0 aliphatic carbocycles. The second kappa shape index (κ2) is 8.54. The summed E-state index contributed by atoms with van der Waals surface area (Å²) in [7, 11) is 0. The van der Waals surface area contributed by atoms with Crippen LogP contribution in [0, 0.1) is 24.2 Å². The van der Waals surface area contributed by atoms with Gasteiger partial charge in [0.2, 0.25) is 5.91 Å². The first-order valence-corrected chi connectivity index (χ1v) is 10.5. The summed E-state index contributed by atoms with van der Waals surface area (Å²) in [6.07, 6.45) is 4.17. The number of nitrogens with one attached hydrogen (secondary N) is 1. The van der Waals surface area contributed by atoms with Crippen LogP contribution in [0.2, 0.25) is 0 Å². The number of rotatable bonds is 4. The Kier molecular flexibility index (Phi) is 5.67. The number of amides is 1. The Morgan fingerprint density at radius 3 is 2.60 bits per heavy atom. The molecular formula is C25H26N4O. The monoisotopic (exact) mass is 398 g/mol. The molecule has 2 heterocycles. The summed E-state index contributed by atoms with van der Waals surface area (Å²) in [5, 5.41) is 13.7. The SMILES string of the molecule is CCc1ccc(NC(=O)C2CCN(c3c(C#N)cnc4ccc(C)cc34)CC2)cc1. The zero-order valence-electron chi connectivity index (χ0n) is 17.5. The summed E-state index contributed by atoms with van der Waals surface area (Å²) in [6, 6.07) is 16.5. The van der Waals surface area contributed by atoms with Gasteiger partial charge in [0, 0.05) is 36.3 Å². The first kappa shape index (κ1) is 19.9. The highest BCUT2D eigenvalue weighted by Gasteiger charge is 2.27. The van der Waals surface area contributed by atoms with E-state index in [0.29, 0.717) is 5.56 Å². The van der Waals surface area contributed by atoms with Crippen LogP contribution in [0.25, 0.3) is 10.9 Å². The first-order chi connectivity index (χ1) is 14.6. The van der Waals surface area contributed by atoms with E-state index in [2.05, 4.69) is 46.4 Å². The summed E-state index contributed by atoms with van der Waals surface area (Å²) >= 11 is 0. The minimum absolute atomic E-state index is 0.0209. The lowest BCUT2D eigenvalue weighted by atomic mass is 9.94. The van der Waals surface area contributed by atoms with E-state index in [1.807, 2.05) is 31.2 Å². The van der Waals surface area contributed by atoms with E-state index in [1.165, 1.54) is 5.56 Å². The smallest absolute Gasteiger partial charge is 0.227 e. The van der Waals surface area contributed by atoms with Crippen LogP contribution in [0.1, 0.15) is 36.5 Å². The van der Waals surface area contributed by atoms with Crippen molar-refractivity contribution in [2.75, 3.05) is 23.3 Å². The van der Waals surface area contributed by atoms with E-state index >= 15 is 0 Å². The summed E-state index contributed by atoms with van der Waals surface area (Å²) in [6.45, 7) is 5.65. The molecule has 5 heteroatoms. The molecule has 152 valence electrons. The highest BCUT2D eigenvalue weighted by Crippen LogP contribution is 2.33. The molecule has 1 fully saturated rings. The van der Waals surface area contributed by atoms with E-state index in [9.17, 15) is 10.1 Å². The molecule has 0 saturated carbocycles. The van der Waals surface area contributed by atoms with Crippen LogP contribution in [0.15, 0.2) is 48.7 Å². The third-order valence-electron chi connectivity index (χ3n) is 5.93. The fraction of sp³-hybridized carbons (Fsp3) is 0.320. The average Bonchev–Trinajstić information content (AvgIpc) is 2.78. The Hall–Kier alpha value is -3.39. The van der Waals surface area contributed by atoms with Crippen LogP contribution < -0.4 is 10.2 Å². The molecule has 30 heavy (non-hydrogen) atoms. The van der Waals surface area contributed by atoms with E-state index in [1.54, 1.807) is 6.20 Å². The maximum Gasteiger partial charge on any atom is 0.227 e. The molecule has 0 radical (unpaired) electrons. The second-order valence-electron chi connectivity index (χ2n) is 7.95. The van der Waals surface area contributed by atoms with Crippen LogP contribution in [0.4, 0.5) is 11.4 Å². The highest BCUT2D eigenvalue weighted by atomic mass is 16.1. The van der Waals surface area contributed by atoms with Gasteiger partial charge < -0.3 is 10.2 Å². The van der Waals surface area contributed by atoms with E-state index in [-0.39, 0.29) is 11.8 Å². The van der Waals surface area contributed by atoms with Gasteiger partial charge in [-0.15, -0.1) is 0 Å². The zero-order valence-corrected chi connectivity index (χ0v) is 17.5. The number of fused-ring (bicyclic) bond motifs is 1. The minimum Gasteiger partial charge on any atom is -0.370 e. The maximum atomic E-state index is 12.8. The summed E-state index contributed by atoms with van der Waals surface area (Å²) in [4.78, 5) is 19.4. The number of aromatic nitrogens is 1. The lowest BCUT2D eigenvalue weighted by Gasteiger charge is -2.34. The molecule has 2 aromatic carbocycles. The van der Waals surface area contributed by atoms with Crippen molar-refractivity contribution in [3.8, 4) is 6.07 Å². The number of nitriles is 1. The van der Waals surface area contributed by atoms with Gasteiger partial charge in [0.1, 0.15) is 6.07 Å². The van der Waals surface area contributed by atoms with Gasteiger partial charge >= 0.3 is 0 Å². The largest absolute Gasteiger partial charge is 0.370 e. The Morgan fingerprint density at radius 2 is 1.93 bits per heavy atom. The van der Waals surface area contributed by atoms with Crippen LogP contribution in [0.3, 0.4) is 0 Å². The van der Waals surface area contributed by atoms with Gasteiger partial charge in [-0.2, -0.15) is 5.26 Å². The lowest BCUT2D eigenvalue weighted by molar-refractivity contribution is -0.120. The Morgan fingerprint density at radius 1 is 1.20 bits per heavy atom. The third-order valence-corrected chi connectivity index (χ3v) is 5.93. The van der Waals surface area contributed by atoms with Crippen LogP contribution in [-0.2, 0) is 11.2 Å². The number of anilines is 2. The number of benzene rings is 2. The van der Waals surface area contributed by atoms with Crippen molar-refractivity contribution in [1.29, 1.82) is 5.26 Å². The van der Waals surface area contributed by atoms with E-state index in [0.717, 1.165) is 60.2 Å². The minimum atomic E-state index is -0.0209. The van der Waals surface area contributed by atoms with Crippen molar-refractivity contribution in [3.63, 3.8) is 0 Å². The zero-order chi connectivity index (χ0) is 21.1. The molecule has 3 aromatic rings. The molecule has 1 aliphatic rings. The van der Waals surface area contributed by atoms with Gasteiger partial charge in [-0.1, -0.05) is 30.7 Å². The molecule has 5 nitrogen and oxygen atoms in total. The predicted molar refractivity (Wildman–Crippen MR) is 121 cm³/mol. The van der Waals surface area contributed by atoms with Crippen molar-refractivity contribution < 1.29 is 4.79 Å². The lowest BCUT2D eigenvalue weighted by Crippen LogP contribution is -2.38. The standard InChI is InChI=1S/C25H26N4O/c1-3-18-5-7-21(8-6-18)28-25(30)19-10-12-29(13-11-19)24-20(15-26)16-27-23-9-4-17(2)14-22(23)24/h4-9,14,16,19H,3,10-13H2,1-2H3,(H,28,30). The molecule has 0 atom stereocenters. The van der Waals surface area contributed by atoms with Crippen molar-refractivity contribution in [1.82, 2.24) is 4.98 Å². The fourth-order valence-electron chi connectivity index (χ4n) is 4.15. The topological polar surface area (TPSA) is 69.0 Å². The molecule has 1 saturated heterocycles. The van der Waals surface area contributed by atoms with Crippen molar-refractivity contribution in [3.05, 3.63) is 65.4 Å². The van der Waals surface area contributed by atoms with Gasteiger partial charge in [0.05, 0.1) is 16.8 Å². The number of carbonyl (C=O) groups is 1. The van der Waals surface area contributed by atoms with Crippen LogP contribution in [0.5, 0.6) is 0 Å². The quantitative estimate of drug-likeness (QED) is 0.683. The molecule has 0 bridgehead atoms. The molecule has 1 aromatic heterocycles. The van der Waals surface area contributed by atoms with E-state index in [4.69, 9.17) is 0 Å². The average molecular weight is 399 g/mol. The Balaban J connectivity index is 1.48. The van der Waals surface area contributed by atoms with Crippen LogP contribution >= 0.6 is 0 Å². The first-order valence-electron chi connectivity index (χ1n) is 10.5. The molecule has 1 N–H and O–H groups in total. The summed E-state index contributed by atoms with van der Waals surface area (Å²) < 4.78 is 0. The third kappa shape index (κ3) is 3.99. The van der Waals surface area contributed by atoms with Gasteiger partial charge in [-0.05, 0) is 56.0 Å². The van der Waals surface area contributed by atoms with Gasteiger partial charge in [-0.3, -0.25) is 9.78 Å². The molecule has 1 aliphatic heterocycles. The van der Waals surface area contributed by atoms with Crippen molar-refractivity contribution in [2.45, 2.75) is 33.1 Å². The number of pyridine rings is 1. The highest BCUT2D eigenvalue weighted by molar-refractivity contribution is 5.95. The van der Waals surface area contributed by atoms with Gasteiger partial charge in [-0.25, -0.2) is 0 Å². The van der Waals surface area contributed by atoms with Crippen molar-refractivity contribution >= 4 is 28.2 Å². The molecule has 1 amide bonds. The Labute approximate surface area is 177 Å². The summed E-state index contributed by atoms with van der Waals surface area (Å²) in [5.41, 5.74) is 5.68. The molecular weight excluding hydrogens is 372 g/mol. The number of hydrogen-bond donors (Lipinski definition) is 1. The maximum absolute atomic E-state index is 12.8. The van der Waals surface area contributed by atoms with Gasteiger partial charge in [0.15, 0.2) is 0 Å². The number of aryl methyl sites for hydroxylation is 2. The molecule has 4 rings (SSSR count). The predicted octanol–water partition coefficient (Wildman–Crippen LogP) is 4.83. The van der Waals surface area contributed by atoms with Crippen LogP contribution in [-0.4, -0.2) is 24.0 Å². The number of nitrogens with zero attached hydrogens (tertiary/aromatic N) is 3. The summed E-state index contributed by atoms with van der Waals surface area (Å²) in [5.74, 6) is 0.0577. The number of piperidine rings is 1. The van der Waals surface area contributed by atoms with Crippen molar-refractivity contribution in [2.24, 2.45) is 5.92 Å². The van der Waals surface area contributed by atoms with Gasteiger partial charge in [0.25, 0.3) is 0 Å². The fourth-order valence-corrected chi connectivity index (χ4v) is 4.15. The molecule has 0 spiro atoms. The van der Waals surface area contributed by atoms with E-state index < -0.39 is 0 Å². The Bertz CT molecular complexity index is 1110.